The van der Waals surface area contributed by atoms with Crippen LogP contribution in [0.2, 0.25) is 0 Å². The largest absolute Gasteiger partial charge is 0.326 e. The average molecular weight is 401 g/mol. The summed E-state index contributed by atoms with van der Waals surface area (Å²) in [5, 5.41) is 2.99. The molecule has 2 aliphatic rings. The minimum absolute atomic E-state index is 0.0121. The number of piperidine rings is 2. The predicted octanol–water partition coefficient (Wildman–Crippen LogP) is 3.32. The lowest BCUT2D eigenvalue weighted by Crippen LogP contribution is -2.49. The first-order valence-corrected chi connectivity index (χ1v) is 10.8. The number of benzene rings is 1. The van der Waals surface area contributed by atoms with Crippen LogP contribution in [0.5, 0.6) is 0 Å². The quantitative estimate of drug-likeness (QED) is 0.824. The molecule has 0 bridgehead atoms. The minimum Gasteiger partial charge on any atom is -0.326 e. The van der Waals surface area contributed by atoms with Crippen LogP contribution < -0.4 is 10.2 Å². The number of carbonyl (C=O) groups is 3. The zero-order chi connectivity index (χ0) is 20.8. The zero-order valence-corrected chi connectivity index (χ0v) is 17.5. The molecule has 29 heavy (non-hydrogen) atoms. The zero-order valence-electron chi connectivity index (χ0n) is 17.5. The van der Waals surface area contributed by atoms with Gasteiger partial charge in [-0.15, -0.1) is 0 Å². The molecule has 3 rings (SSSR count). The molecule has 1 aromatic rings. The molecule has 2 heterocycles. The van der Waals surface area contributed by atoms with E-state index in [9.17, 15) is 14.4 Å². The molecule has 7 nitrogen and oxygen atoms in total. The normalized spacial score (nSPS) is 19.8. The Morgan fingerprint density at radius 1 is 1.14 bits per heavy atom. The monoisotopic (exact) mass is 400 g/mol. The lowest BCUT2D eigenvalue weighted by Gasteiger charge is -2.35. The van der Waals surface area contributed by atoms with Crippen LogP contribution in [0.15, 0.2) is 24.3 Å². The van der Waals surface area contributed by atoms with Gasteiger partial charge in [-0.25, -0.2) is 4.79 Å². The summed E-state index contributed by atoms with van der Waals surface area (Å²) >= 11 is 0. The van der Waals surface area contributed by atoms with Crippen molar-refractivity contribution in [1.82, 2.24) is 9.80 Å². The first-order valence-electron chi connectivity index (χ1n) is 10.8. The molecule has 0 radical (unpaired) electrons. The fourth-order valence-corrected chi connectivity index (χ4v) is 4.13. The number of anilines is 2. The number of amides is 4. The standard InChI is InChI=1S/C22H32N4O3/c1-3-24(4-2)22(29)25-13-8-9-17(16-25)21(28)23-18-10-7-11-19(15-18)26-14-6-5-12-20(26)27/h7,10-11,15,17H,3-6,8-9,12-14,16H2,1-2H3,(H,23,28)/t17-/m0/s1. The van der Waals surface area contributed by atoms with E-state index in [0.29, 0.717) is 38.3 Å². The van der Waals surface area contributed by atoms with Crippen LogP contribution in [0.25, 0.3) is 0 Å². The highest BCUT2D eigenvalue weighted by atomic mass is 16.2. The lowest BCUT2D eigenvalue weighted by molar-refractivity contribution is -0.121. The van der Waals surface area contributed by atoms with Gasteiger partial charge in [0.1, 0.15) is 0 Å². The van der Waals surface area contributed by atoms with Crippen LogP contribution in [-0.2, 0) is 9.59 Å². The van der Waals surface area contributed by atoms with Crippen LogP contribution in [0, 0.1) is 5.92 Å². The molecule has 4 amide bonds. The molecule has 1 atom stereocenters. The number of hydrogen-bond acceptors (Lipinski definition) is 3. The third kappa shape index (κ3) is 5.08. The smallest absolute Gasteiger partial charge is 0.320 e. The number of nitrogens with zero attached hydrogens (tertiary/aromatic N) is 3. The van der Waals surface area contributed by atoms with Crippen molar-refractivity contribution in [2.24, 2.45) is 5.92 Å². The molecule has 2 aliphatic heterocycles. The van der Waals surface area contributed by atoms with Crippen LogP contribution >= 0.6 is 0 Å². The first kappa shape index (κ1) is 21.1. The Bertz CT molecular complexity index is 747. The Morgan fingerprint density at radius 2 is 1.93 bits per heavy atom. The van der Waals surface area contributed by atoms with Gasteiger partial charge in [-0.05, 0) is 57.7 Å². The molecule has 2 saturated heterocycles. The fourth-order valence-electron chi connectivity index (χ4n) is 4.13. The van der Waals surface area contributed by atoms with Crippen LogP contribution in [-0.4, -0.2) is 60.4 Å². The molecule has 1 N–H and O–H groups in total. The van der Waals surface area contributed by atoms with E-state index in [0.717, 1.165) is 37.9 Å². The van der Waals surface area contributed by atoms with Crippen molar-refractivity contribution in [2.45, 2.75) is 46.0 Å². The average Bonchev–Trinajstić information content (AvgIpc) is 2.75. The van der Waals surface area contributed by atoms with Crippen LogP contribution in [0.3, 0.4) is 0 Å². The third-order valence-electron chi connectivity index (χ3n) is 5.85. The van der Waals surface area contributed by atoms with Gasteiger partial charge in [0.15, 0.2) is 0 Å². The number of rotatable bonds is 5. The first-order chi connectivity index (χ1) is 14.0. The molecule has 2 fully saturated rings. The van der Waals surface area contributed by atoms with Gasteiger partial charge < -0.3 is 20.0 Å². The molecule has 0 saturated carbocycles. The Hall–Kier alpha value is -2.57. The predicted molar refractivity (Wildman–Crippen MR) is 114 cm³/mol. The Morgan fingerprint density at radius 3 is 2.66 bits per heavy atom. The molecule has 158 valence electrons. The highest BCUT2D eigenvalue weighted by Gasteiger charge is 2.30. The van der Waals surface area contributed by atoms with Gasteiger partial charge in [0.2, 0.25) is 11.8 Å². The van der Waals surface area contributed by atoms with Crippen molar-refractivity contribution < 1.29 is 14.4 Å². The molecular formula is C22H32N4O3. The molecule has 0 aromatic heterocycles. The summed E-state index contributed by atoms with van der Waals surface area (Å²) in [6.07, 6.45) is 4.12. The van der Waals surface area contributed by atoms with Crippen LogP contribution in [0.1, 0.15) is 46.0 Å². The Kier molecular flexibility index (Phi) is 7.12. The minimum atomic E-state index is -0.219. The van der Waals surface area contributed by atoms with E-state index in [1.165, 1.54) is 0 Å². The Labute approximate surface area is 173 Å². The van der Waals surface area contributed by atoms with Crippen molar-refractivity contribution in [1.29, 1.82) is 0 Å². The molecular weight excluding hydrogens is 368 g/mol. The highest BCUT2D eigenvalue weighted by Crippen LogP contribution is 2.25. The second-order valence-corrected chi connectivity index (χ2v) is 7.78. The van der Waals surface area contributed by atoms with Gasteiger partial charge in [0, 0.05) is 50.5 Å². The maximum absolute atomic E-state index is 12.9. The summed E-state index contributed by atoms with van der Waals surface area (Å²) in [7, 11) is 0. The van der Waals surface area contributed by atoms with Crippen molar-refractivity contribution in [3.05, 3.63) is 24.3 Å². The van der Waals surface area contributed by atoms with E-state index >= 15 is 0 Å². The van der Waals surface area contributed by atoms with E-state index in [-0.39, 0.29) is 23.8 Å². The van der Waals surface area contributed by atoms with Gasteiger partial charge in [0.05, 0.1) is 5.92 Å². The SMILES string of the molecule is CCN(CC)C(=O)N1CCC[C@H](C(=O)Nc2cccc(N3CCCCC3=O)c2)C1. The van der Waals surface area contributed by atoms with Gasteiger partial charge in [-0.3, -0.25) is 9.59 Å². The van der Waals surface area contributed by atoms with Gasteiger partial charge in [-0.1, -0.05) is 6.07 Å². The van der Waals surface area contributed by atoms with Crippen molar-refractivity contribution in [3.8, 4) is 0 Å². The third-order valence-corrected chi connectivity index (χ3v) is 5.85. The van der Waals surface area contributed by atoms with E-state index in [2.05, 4.69) is 5.32 Å². The number of likely N-dealkylation sites (tertiary alicyclic amines) is 1. The lowest BCUT2D eigenvalue weighted by atomic mass is 9.97. The van der Waals surface area contributed by atoms with E-state index in [1.54, 1.807) is 14.7 Å². The Balaban J connectivity index is 1.63. The molecule has 1 aromatic carbocycles. The number of urea groups is 1. The molecule has 7 heteroatoms. The fraction of sp³-hybridized carbons (Fsp3) is 0.591. The number of nitrogens with one attached hydrogen (secondary N) is 1. The maximum atomic E-state index is 12.9. The highest BCUT2D eigenvalue weighted by molar-refractivity contribution is 5.96. The van der Waals surface area contributed by atoms with Gasteiger partial charge in [0.25, 0.3) is 0 Å². The second-order valence-electron chi connectivity index (χ2n) is 7.78. The van der Waals surface area contributed by atoms with E-state index in [1.807, 2.05) is 38.1 Å². The van der Waals surface area contributed by atoms with Crippen molar-refractivity contribution in [3.63, 3.8) is 0 Å². The summed E-state index contributed by atoms with van der Waals surface area (Å²) in [5.74, 6) is -0.148. The van der Waals surface area contributed by atoms with E-state index in [4.69, 9.17) is 0 Å². The van der Waals surface area contributed by atoms with Gasteiger partial charge >= 0.3 is 6.03 Å². The number of carbonyl (C=O) groups excluding carboxylic acids is 3. The van der Waals surface area contributed by atoms with Crippen LogP contribution in [0.4, 0.5) is 16.2 Å². The van der Waals surface area contributed by atoms with E-state index < -0.39 is 0 Å². The summed E-state index contributed by atoms with van der Waals surface area (Å²) in [6, 6.07) is 7.49. The second kappa shape index (κ2) is 9.76. The molecule has 0 unspecified atom stereocenters. The summed E-state index contributed by atoms with van der Waals surface area (Å²) in [5.41, 5.74) is 1.52. The summed E-state index contributed by atoms with van der Waals surface area (Å²) in [4.78, 5) is 43.0. The van der Waals surface area contributed by atoms with Gasteiger partial charge in [-0.2, -0.15) is 0 Å². The van der Waals surface area contributed by atoms with Crippen molar-refractivity contribution >= 4 is 29.2 Å². The molecule has 0 spiro atoms. The van der Waals surface area contributed by atoms with Crippen molar-refractivity contribution in [2.75, 3.05) is 42.9 Å². The summed E-state index contributed by atoms with van der Waals surface area (Å²) in [6.45, 7) is 7.15. The summed E-state index contributed by atoms with van der Waals surface area (Å²) < 4.78 is 0. The topological polar surface area (TPSA) is 73.0 Å². The maximum Gasteiger partial charge on any atom is 0.320 e. The molecule has 0 aliphatic carbocycles. The number of hydrogen-bond donors (Lipinski definition) is 1.